The molecule has 2 rings (SSSR count). The van der Waals surface area contributed by atoms with Gasteiger partial charge in [0.15, 0.2) is 14.5 Å². The lowest BCUT2D eigenvalue weighted by Gasteiger charge is -2.47. The number of ether oxygens (including phenoxy) is 1. The monoisotopic (exact) mass is 235 g/mol. The van der Waals surface area contributed by atoms with Crippen molar-refractivity contribution in [2.45, 2.75) is 32.3 Å². The van der Waals surface area contributed by atoms with Gasteiger partial charge < -0.3 is 9.30 Å². The second-order valence-electron chi connectivity index (χ2n) is 5.02. The summed E-state index contributed by atoms with van der Waals surface area (Å²) in [4.78, 5) is 11.6. The lowest BCUT2D eigenvalue weighted by atomic mass is 10.2. The van der Waals surface area contributed by atoms with Crippen LogP contribution in [0.1, 0.15) is 6.42 Å². The van der Waals surface area contributed by atoms with Crippen LogP contribution in [0, 0.1) is 0 Å². The molecule has 4 heteroatoms. The van der Waals surface area contributed by atoms with E-state index in [2.05, 4.69) is 19.6 Å². The summed E-state index contributed by atoms with van der Waals surface area (Å²) in [5.41, 5.74) is 0. The van der Waals surface area contributed by atoms with Gasteiger partial charge in [-0.1, -0.05) is 37.8 Å². The zero-order valence-corrected chi connectivity index (χ0v) is 10.9. The lowest BCUT2D eigenvalue weighted by molar-refractivity contribution is -0.149. The largest absolute Gasteiger partial charge is 0.471 e. The first-order valence-corrected chi connectivity index (χ1v) is 8.97. The van der Waals surface area contributed by atoms with Crippen LogP contribution in [-0.2, 0) is 4.79 Å². The van der Waals surface area contributed by atoms with Crippen molar-refractivity contribution in [3.8, 4) is 5.75 Å². The van der Waals surface area contributed by atoms with Crippen LogP contribution in [0.2, 0.25) is 19.6 Å². The molecule has 1 unspecified atom stereocenters. The number of carbonyl (C=O) groups is 1. The van der Waals surface area contributed by atoms with E-state index in [0.717, 1.165) is 5.75 Å². The summed E-state index contributed by atoms with van der Waals surface area (Å²) in [5.74, 6) is 1.06. The van der Waals surface area contributed by atoms with E-state index >= 15 is 0 Å². The third kappa shape index (κ3) is 2.11. The molecule has 0 spiro atoms. The van der Waals surface area contributed by atoms with Crippen molar-refractivity contribution in [2.75, 3.05) is 0 Å². The Morgan fingerprint density at radius 1 is 1.25 bits per heavy atom. The number of nitrogens with zero attached hydrogens (tertiary/aromatic N) is 1. The van der Waals surface area contributed by atoms with Crippen LogP contribution < -0.4 is 4.74 Å². The van der Waals surface area contributed by atoms with E-state index in [-0.39, 0.29) is 12.1 Å². The number of benzene rings is 1. The summed E-state index contributed by atoms with van der Waals surface area (Å²) >= 11 is 0. The van der Waals surface area contributed by atoms with E-state index in [0.29, 0.717) is 6.42 Å². The minimum Gasteiger partial charge on any atom is -0.471 e. The van der Waals surface area contributed by atoms with E-state index in [1.54, 1.807) is 0 Å². The highest BCUT2D eigenvalue weighted by Crippen LogP contribution is 2.28. The highest BCUT2D eigenvalue weighted by atomic mass is 28.3. The van der Waals surface area contributed by atoms with Crippen LogP contribution in [0.5, 0.6) is 5.75 Å². The average molecular weight is 235 g/mol. The van der Waals surface area contributed by atoms with Gasteiger partial charge in [-0.15, -0.1) is 0 Å². The normalized spacial score (nSPS) is 20.6. The molecule has 0 bridgehead atoms. The van der Waals surface area contributed by atoms with Crippen LogP contribution in [0.4, 0.5) is 0 Å². The quantitative estimate of drug-likeness (QED) is 0.595. The van der Waals surface area contributed by atoms with Crippen LogP contribution in [0.25, 0.3) is 0 Å². The smallest absolute Gasteiger partial charge is 0.223 e. The fraction of sp³-hybridized carbons (Fsp3) is 0.417. The van der Waals surface area contributed by atoms with Gasteiger partial charge in [-0.3, -0.25) is 4.79 Å². The predicted octanol–water partition coefficient (Wildman–Crippen LogP) is 2.46. The van der Waals surface area contributed by atoms with Crippen molar-refractivity contribution in [1.82, 2.24) is 4.57 Å². The molecule has 86 valence electrons. The minimum absolute atomic E-state index is 0.0541. The molecule has 3 nitrogen and oxygen atoms in total. The molecule has 0 aliphatic carbocycles. The molecule has 1 fully saturated rings. The third-order valence-corrected chi connectivity index (χ3v) is 4.63. The van der Waals surface area contributed by atoms with E-state index in [1.807, 2.05) is 34.9 Å². The van der Waals surface area contributed by atoms with Gasteiger partial charge in [0.2, 0.25) is 5.91 Å². The molecule has 1 atom stereocenters. The van der Waals surface area contributed by atoms with Gasteiger partial charge in [0.25, 0.3) is 0 Å². The zero-order valence-electron chi connectivity index (χ0n) is 9.93. The number of hydrogen-bond acceptors (Lipinski definition) is 2. The Morgan fingerprint density at radius 2 is 1.88 bits per heavy atom. The summed E-state index contributed by atoms with van der Waals surface area (Å²) in [6, 6.07) is 9.68. The van der Waals surface area contributed by atoms with Crippen LogP contribution in [0.15, 0.2) is 30.3 Å². The Hall–Kier alpha value is -1.29. The van der Waals surface area contributed by atoms with Gasteiger partial charge in [0, 0.05) is 0 Å². The van der Waals surface area contributed by atoms with Crippen LogP contribution in [0.3, 0.4) is 0 Å². The summed E-state index contributed by atoms with van der Waals surface area (Å²) in [7, 11) is -1.60. The molecule has 1 heterocycles. The maximum atomic E-state index is 11.6. The maximum absolute atomic E-state index is 11.6. The zero-order chi connectivity index (χ0) is 11.8. The average Bonchev–Trinajstić information content (AvgIpc) is 2.15. The second kappa shape index (κ2) is 3.94. The highest BCUT2D eigenvalue weighted by molar-refractivity contribution is 6.76. The number of carbonyl (C=O) groups excluding carboxylic acids is 1. The molecule has 0 aromatic heterocycles. The summed E-state index contributed by atoms with van der Waals surface area (Å²) in [6.45, 7) is 6.47. The van der Waals surface area contributed by atoms with Crippen molar-refractivity contribution in [1.29, 1.82) is 0 Å². The standard InChI is InChI=1S/C12H17NO2Si/c1-16(2,3)13-11(14)9-12(13)15-10-7-5-4-6-8-10/h4-8,12H,9H2,1-3H3. The molecule has 1 aromatic carbocycles. The SMILES string of the molecule is C[Si](C)(C)N1C(=O)CC1Oc1ccccc1. The minimum atomic E-state index is -1.60. The molecule has 0 saturated carbocycles. The molecule has 0 N–H and O–H groups in total. The van der Waals surface area contributed by atoms with Gasteiger partial charge in [0.1, 0.15) is 5.75 Å². The van der Waals surface area contributed by atoms with Crippen molar-refractivity contribution >= 4 is 14.1 Å². The van der Waals surface area contributed by atoms with Gasteiger partial charge in [-0.25, -0.2) is 0 Å². The van der Waals surface area contributed by atoms with Crippen molar-refractivity contribution in [2.24, 2.45) is 0 Å². The molecule has 1 aromatic rings. The highest BCUT2D eigenvalue weighted by Gasteiger charge is 2.45. The Labute approximate surface area is 97.1 Å². The van der Waals surface area contributed by atoms with Gasteiger partial charge in [-0.2, -0.15) is 0 Å². The molecule has 1 aliphatic rings. The van der Waals surface area contributed by atoms with Crippen LogP contribution >= 0.6 is 0 Å². The Kier molecular flexibility index (Phi) is 2.76. The van der Waals surface area contributed by atoms with E-state index in [4.69, 9.17) is 4.74 Å². The van der Waals surface area contributed by atoms with Gasteiger partial charge in [0.05, 0.1) is 6.42 Å². The number of hydrogen-bond donors (Lipinski definition) is 0. The lowest BCUT2D eigenvalue weighted by Crippen LogP contribution is -2.65. The number of rotatable bonds is 3. The Balaban J connectivity index is 2.05. The fourth-order valence-electron chi connectivity index (χ4n) is 1.94. The molecule has 1 aliphatic heterocycles. The van der Waals surface area contributed by atoms with E-state index < -0.39 is 8.24 Å². The van der Waals surface area contributed by atoms with Gasteiger partial charge in [-0.05, 0) is 12.1 Å². The van der Waals surface area contributed by atoms with Crippen molar-refractivity contribution < 1.29 is 9.53 Å². The third-order valence-electron chi connectivity index (χ3n) is 2.64. The number of amides is 1. The van der Waals surface area contributed by atoms with E-state index in [9.17, 15) is 4.79 Å². The summed E-state index contributed by atoms with van der Waals surface area (Å²) in [5, 5.41) is 0. The molecular formula is C12H17NO2Si. The summed E-state index contributed by atoms with van der Waals surface area (Å²) in [6.07, 6.45) is 0.459. The Bertz CT molecular complexity index is 386. The maximum Gasteiger partial charge on any atom is 0.223 e. The predicted molar refractivity (Wildman–Crippen MR) is 65.7 cm³/mol. The Morgan fingerprint density at radius 3 is 2.38 bits per heavy atom. The molecule has 1 saturated heterocycles. The molecular weight excluding hydrogens is 218 g/mol. The number of para-hydroxylation sites is 1. The number of β-lactam (4-membered cyclic amide) rings is 1. The fourth-order valence-corrected chi connectivity index (χ4v) is 3.79. The molecule has 16 heavy (non-hydrogen) atoms. The van der Waals surface area contributed by atoms with Gasteiger partial charge >= 0.3 is 0 Å². The topological polar surface area (TPSA) is 29.5 Å². The first-order chi connectivity index (χ1) is 7.48. The van der Waals surface area contributed by atoms with E-state index in [1.165, 1.54) is 0 Å². The van der Waals surface area contributed by atoms with Crippen LogP contribution in [-0.4, -0.2) is 24.9 Å². The first-order valence-electron chi connectivity index (χ1n) is 5.52. The van der Waals surface area contributed by atoms with Crippen molar-refractivity contribution in [3.05, 3.63) is 30.3 Å². The van der Waals surface area contributed by atoms with Crippen molar-refractivity contribution in [3.63, 3.8) is 0 Å². The summed E-state index contributed by atoms with van der Waals surface area (Å²) < 4.78 is 7.73. The second-order valence-corrected chi connectivity index (χ2v) is 9.85. The molecule has 1 amide bonds. The molecule has 0 radical (unpaired) electrons. The first kappa shape index (κ1) is 11.2.